The van der Waals surface area contributed by atoms with Gasteiger partial charge in [0.2, 0.25) is 5.91 Å². The van der Waals surface area contributed by atoms with E-state index in [1.165, 1.54) is 44.2 Å². The van der Waals surface area contributed by atoms with Gasteiger partial charge in [-0.2, -0.15) is 0 Å². The molecule has 1 amide bonds. The van der Waals surface area contributed by atoms with Crippen LogP contribution in [0.25, 0.3) is 0 Å². The molecule has 1 N–H and O–H groups in total. The second kappa shape index (κ2) is 8.46. The van der Waals surface area contributed by atoms with Crippen LogP contribution in [0.2, 0.25) is 0 Å². The summed E-state index contributed by atoms with van der Waals surface area (Å²) in [6.45, 7) is 0. The number of halogens is 2. The average Bonchev–Trinajstić information content (AvgIpc) is 2.99. The molecule has 1 aromatic carbocycles. The number of benzene rings is 1. The molecule has 1 saturated heterocycles. The van der Waals surface area contributed by atoms with Crippen molar-refractivity contribution < 1.29 is 9.18 Å². The summed E-state index contributed by atoms with van der Waals surface area (Å²) in [6, 6.07) is 6.59. The number of rotatable bonds is 4. The second-order valence-corrected chi connectivity index (χ2v) is 10.2. The number of amides is 1. The third kappa shape index (κ3) is 4.29. The summed E-state index contributed by atoms with van der Waals surface area (Å²) in [5.74, 6) is 4.10. The van der Waals surface area contributed by atoms with E-state index in [1.807, 2.05) is 0 Å². The van der Waals surface area contributed by atoms with Gasteiger partial charge in [-0.25, -0.2) is 4.39 Å². The van der Waals surface area contributed by atoms with Crippen molar-refractivity contribution in [3.8, 4) is 0 Å². The van der Waals surface area contributed by atoms with Crippen molar-refractivity contribution in [2.24, 2.45) is 28.7 Å². The first-order valence-corrected chi connectivity index (χ1v) is 11.5. The van der Waals surface area contributed by atoms with Crippen LogP contribution in [0, 0.1) is 29.5 Å². The number of carbonyl (C=O) groups is 1. The molecule has 158 valence electrons. The fourth-order valence-electron chi connectivity index (χ4n) is 6.06. The molecule has 0 spiro atoms. The van der Waals surface area contributed by atoms with Gasteiger partial charge in [0, 0.05) is 31.0 Å². The highest BCUT2D eigenvalue weighted by molar-refractivity contribution is 8.14. The van der Waals surface area contributed by atoms with Crippen LogP contribution in [0.4, 0.5) is 10.1 Å². The van der Waals surface area contributed by atoms with Gasteiger partial charge >= 0.3 is 0 Å². The molecule has 1 heterocycles. The maximum atomic E-state index is 13.0. The van der Waals surface area contributed by atoms with Gasteiger partial charge in [0.25, 0.3) is 0 Å². The molecule has 5 fully saturated rings. The van der Waals surface area contributed by atoms with Gasteiger partial charge < -0.3 is 10.2 Å². The zero-order chi connectivity index (χ0) is 19.3. The smallest absolute Gasteiger partial charge is 0.226 e. The normalized spacial score (nSPS) is 36.3. The molecule has 1 unspecified atom stereocenters. The van der Waals surface area contributed by atoms with Gasteiger partial charge in [0.05, 0.1) is 6.04 Å². The van der Waals surface area contributed by atoms with E-state index < -0.39 is 0 Å². The Bertz CT molecular complexity index is 759. The maximum absolute atomic E-state index is 13.0. The largest absolute Gasteiger partial charge is 0.350 e. The van der Waals surface area contributed by atoms with E-state index in [1.54, 1.807) is 23.9 Å². The van der Waals surface area contributed by atoms with Crippen LogP contribution in [0.15, 0.2) is 29.3 Å². The molecular weight excluding hydrogens is 409 g/mol. The summed E-state index contributed by atoms with van der Waals surface area (Å²) in [5, 5.41) is 4.00. The summed E-state index contributed by atoms with van der Waals surface area (Å²) < 4.78 is 13.0. The number of nitrogens with zero attached hydrogens (tertiary/aromatic N) is 2. The lowest BCUT2D eigenvalue weighted by molar-refractivity contribution is -0.116. The van der Waals surface area contributed by atoms with Gasteiger partial charge in [-0.1, -0.05) is 11.8 Å². The van der Waals surface area contributed by atoms with Gasteiger partial charge in [-0.3, -0.25) is 9.79 Å². The maximum Gasteiger partial charge on any atom is 0.226 e. The molecule has 4 saturated carbocycles. The Morgan fingerprint density at radius 1 is 1.14 bits per heavy atom. The number of hydrogen-bond donors (Lipinski definition) is 1. The molecule has 4 nitrogen and oxygen atoms in total. The van der Waals surface area contributed by atoms with Crippen molar-refractivity contribution in [2.45, 2.75) is 50.6 Å². The predicted molar refractivity (Wildman–Crippen MR) is 119 cm³/mol. The molecule has 4 bridgehead atoms. The highest BCUT2D eigenvalue weighted by atomic mass is 35.5. The fraction of sp³-hybridized carbons (Fsp3) is 0.636. The van der Waals surface area contributed by atoms with Gasteiger partial charge in [0.1, 0.15) is 5.82 Å². The van der Waals surface area contributed by atoms with E-state index in [4.69, 9.17) is 4.99 Å². The summed E-state index contributed by atoms with van der Waals surface area (Å²) in [4.78, 5) is 19.9. The van der Waals surface area contributed by atoms with Crippen LogP contribution in [0.3, 0.4) is 0 Å². The number of amidine groups is 1. The second-order valence-electron chi connectivity index (χ2n) is 9.17. The highest BCUT2D eigenvalue weighted by Gasteiger charge is 2.48. The first kappa shape index (κ1) is 21.0. The topological polar surface area (TPSA) is 44.7 Å². The minimum Gasteiger partial charge on any atom is -0.350 e. The van der Waals surface area contributed by atoms with Crippen LogP contribution in [-0.2, 0) is 4.79 Å². The lowest BCUT2D eigenvalue weighted by Gasteiger charge is -2.53. The Balaban J connectivity index is 0.00000205. The molecule has 1 aliphatic heterocycles. The van der Waals surface area contributed by atoms with Crippen LogP contribution < -0.4 is 5.32 Å². The summed E-state index contributed by atoms with van der Waals surface area (Å²) in [5.41, 5.74) is 0.641. The number of hydrogen-bond acceptors (Lipinski definition) is 3. The zero-order valence-corrected chi connectivity index (χ0v) is 18.4. The first-order valence-electron chi connectivity index (χ1n) is 10.5. The van der Waals surface area contributed by atoms with Crippen LogP contribution in [0.5, 0.6) is 0 Å². The Labute approximate surface area is 182 Å². The van der Waals surface area contributed by atoms with Crippen LogP contribution >= 0.6 is 24.2 Å². The molecule has 5 aliphatic rings. The summed E-state index contributed by atoms with van der Waals surface area (Å²) in [7, 11) is 2.07. The molecule has 0 aromatic heterocycles. The van der Waals surface area contributed by atoms with Gasteiger partial charge in [0.15, 0.2) is 5.17 Å². The molecule has 1 aromatic rings. The van der Waals surface area contributed by atoms with E-state index in [0.717, 1.165) is 34.6 Å². The number of nitrogens with one attached hydrogen (secondary N) is 1. The molecule has 29 heavy (non-hydrogen) atoms. The van der Waals surface area contributed by atoms with E-state index in [9.17, 15) is 9.18 Å². The molecular formula is C22H29ClFN3OS. The summed E-state index contributed by atoms with van der Waals surface area (Å²) in [6.07, 6.45) is 7.43. The number of carbonyl (C=O) groups excluding carboxylic acids is 1. The predicted octanol–water partition coefficient (Wildman–Crippen LogP) is 4.80. The van der Waals surface area contributed by atoms with Crippen molar-refractivity contribution in [1.29, 1.82) is 0 Å². The fourth-order valence-corrected chi connectivity index (χ4v) is 7.29. The molecule has 1 atom stereocenters. The third-order valence-corrected chi connectivity index (χ3v) is 8.44. The Morgan fingerprint density at radius 2 is 1.76 bits per heavy atom. The zero-order valence-electron chi connectivity index (χ0n) is 16.7. The van der Waals surface area contributed by atoms with Crippen LogP contribution in [0.1, 0.15) is 38.5 Å². The third-order valence-electron chi connectivity index (χ3n) is 7.24. The van der Waals surface area contributed by atoms with Crippen molar-refractivity contribution in [3.05, 3.63) is 30.1 Å². The monoisotopic (exact) mass is 437 g/mol. The number of anilines is 1. The first-order chi connectivity index (χ1) is 13.5. The standard InChI is InChI=1S/C22H28FN3OS.ClH/c1-26-19(11-20(27)24-18-4-2-17(23)3-5-18)12-28-22(26)25-21-15-7-13-6-14(9-15)10-16(21)8-13;/h2-5,13-16,19,21H,6-12H2,1H3,(H,24,27);1H. The minimum atomic E-state index is -0.296. The Hall–Kier alpha value is -1.27. The van der Waals surface area contributed by atoms with Crippen molar-refractivity contribution in [3.63, 3.8) is 0 Å². The summed E-state index contributed by atoms with van der Waals surface area (Å²) >= 11 is 1.80. The lowest BCUT2D eigenvalue weighted by atomic mass is 9.54. The van der Waals surface area contributed by atoms with E-state index in [0.29, 0.717) is 18.2 Å². The number of aliphatic imine (C=N–C) groups is 1. The lowest BCUT2D eigenvalue weighted by Crippen LogP contribution is -2.48. The molecule has 0 radical (unpaired) electrons. The molecule has 7 heteroatoms. The van der Waals surface area contributed by atoms with Crippen LogP contribution in [-0.4, -0.2) is 40.9 Å². The number of thioether (sulfide) groups is 1. The minimum absolute atomic E-state index is 0. The highest BCUT2D eigenvalue weighted by Crippen LogP contribution is 2.55. The Kier molecular flexibility index (Phi) is 6.12. The quantitative estimate of drug-likeness (QED) is 0.735. The van der Waals surface area contributed by atoms with Crippen molar-refractivity contribution in [2.75, 3.05) is 18.1 Å². The molecule has 6 rings (SSSR count). The van der Waals surface area contributed by atoms with E-state index in [2.05, 4.69) is 17.3 Å². The molecule has 4 aliphatic carbocycles. The Morgan fingerprint density at radius 3 is 2.38 bits per heavy atom. The van der Waals surface area contributed by atoms with Gasteiger partial charge in [-0.15, -0.1) is 12.4 Å². The average molecular weight is 438 g/mol. The van der Waals surface area contributed by atoms with E-state index in [-0.39, 0.29) is 30.2 Å². The van der Waals surface area contributed by atoms with E-state index >= 15 is 0 Å². The SMILES string of the molecule is CN1C(=NC2C3CC4CC(C3)CC2C4)SCC1CC(=O)Nc1ccc(F)cc1.Cl. The van der Waals surface area contributed by atoms with Crippen molar-refractivity contribution >= 4 is 40.9 Å². The van der Waals surface area contributed by atoms with Gasteiger partial charge in [-0.05, 0) is 80.0 Å². The van der Waals surface area contributed by atoms with Crippen molar-refractivity contribution in [1.82, 2.24) is 4.90 Å².